The summed E-state index contributed by atoms with van der Waals surface area (Å²) in [7, 11) is 16.0. The number of amides is 5. The third kappa shape index (κ3) is 16.7. The van der Waals surface area contributed by atoms with Gasteiger partial charge in [0, 0.05) is 121 Å². The summed E-state index contributed by atoms with van der Waals surface area (Å²) in [4.78, 5) is 86.1. The van der Waals surface area contributed by atoms with Crippen molar-refractivity contribution in [3.05, 3.63) is 72.8 Å². The third-order valence-corrected chi connectivity index (χ3v) is 14.5. The first-order chi connectivity index (χ1) is 38.3. The standard InChI is InChI=1S/C60H87N15O5/c1-38(76)66-48(21-13-17-33-65-56-45-28-24-41(74(6)7)36-53(45)68-54-37-42(75(8)9)25-29-46(54)56)58(78)70-50(20-11-15-31-62)60(80)71-49(19-10-14-30-61)59(79)69-47(57(63)77)18-12-16-32-64-55-43-26-22-39(72(2)3)34-51(43)67-52-35-40(73(4)5)23-27-44(52)55/h22-29,34-37,47-50H,10-21,30-33,61-62H2,1-9H3,(H2,63,77)(H,64,67)(H,65,68)(H,66,76)(H,69,79)(H,70,78)(H,71,80). The molecule has 6 aromatic rings. The number of rotatable bonds is 32. The van der Waals surface area contributed by atoms with E-state index >= 15 is 0 Å². The summed E-state index contributed by atoms with van der Waals surface area (Å²) in [6.45, 7) is 3.27. The van der Waals surface area contributed by atoms with Gasteiger partial charge in [-0.05, 0) is 163 Å². The largest absolute Gasteiger partial charge is 0.384 e. The van der Waals surface area contributed by atoms with Crippen LogP contribution in [0.4, 0.5) is 34.1 Å². The van der Waals surface area contributed by atoms with E-state index < -0.39 is 47.8 Å². The molecule has 0 bridgehead atoms. The van der Waals surface area contributed by atoms with Gasteiger partial charge in [-0.3, -0.25) is 24.0 Å². The molecule has 4 unspecified atom stereocenters. The lowest BCUT2D eigenvalue weighted by Crippen LogP contribution is -2.58. The average molecular weight is 1100 g/mol. The number of anilines is 6. The molecule has 0 spiro atoms. The molecule has 432 valence electrons. The van der Waals surface area contributed by atoms with Gasteiger partial charge in [-0.2, -0.15) is 0 Å². The van der Waals surface area contributed by atoms with Crippen molar-refractivity contribution in [3.8, 4) is 0 Å². The van der Waals surface area contributed by atoms with E-state index in [1.54, 1.807) is 0 Å². The predicted molar refractivity (Wildman–Crippen MR) is 329 cm³/mol. The fourth-order valence-electron chi connectivity index (χ4n) is 9.85. The Bertz CT molecular complexity index is 2960. The van der Waals surface area contributed by atoms with Crippen LogP contribution in [0, 0.1) is 0 Å². The van der Waals surface area contributed by atoms with Gasteiger partial charge >= 0.3 is 0 Å². The van der Waals surface area contributed by atoms with E-state index in [1.165, 1.54) is 6.92 Å². The third-order valence-electron chi connectivity index (χ3n) is 14.5. The fourth-order valence-corrected chi connectivity index (χ4v) is 9.85. The van der Waals surface area contributed by atoms with Gasteiger partial charge in [-0.1, -0.05) is 0 Å². The highest BCUT2D eigenvalue weighted by atomic mass is 16.2. The summed E-state index contributed by atoms with van der Waals surface area (Å²) < 4.78 is 0. The number of nitrogens with one attached hydrogen (secondary N) is 6. The minimum absolute atomic E-state index is 0.232. The molecule has 0 radical (unpaired) electrons. The van der Waals surface area contributed by atoms with Crippen molar-refractivity contribution >= 4 is 107 Å². The van der Waals surface area contributed by atoms with Crippen molar-refractivity contribution in [3.63, 3.8) is 0 Å². The van der Waals surface area contributed by atoms with Gasteiger partial charge in [0.2, 0.25) is 29.5 Å². The molecule has 0 fully saturated rings. The maximum Gasteiger partial charge on any atom is 0.243 e. The zero-order valence-electron chi connectivity index (χ0n) is 48.5. The molecule has 2 aromatic heterocycles. The van der Waals surface area contributed by atoms with Crippen LogP contribution in [-0.2, 0) is 24.0 Å². The fraction of sp³-hybridized carbons (Fsp3) is 0.483. The summed E-state index contributed by atoms with van der Waals surface area (Å²) in [5.74, 6) is -2.74. The van der Waals surface area contributed by atoms with E-state index in [0.717, 1.165) is 77.7 Å². The molecular formula is C60H87N15O5. The second kappa shape index (κ2) is 29.5. The van der Waals surface area contributed by atoms with Crippen LogP contribution in [0.3, 0.4) is 0 Å². The van der Waals surface area contributed by atoms with Crippen molar-refractivity contribution in [2.75, 3.05) is 113 Å². The van der Waals surface area contributed by atoms with Crippen molar-refractivity contribution in [1.82, 2.24) is 31.2 Å². The van der Waals surface area contributed by atoms with Crippen LogP contribution in [0.1, 0.15) is 84.0 Å². The van der Waals surface area contributed by atoms with Crippen LogP contribution in [0.5, 0.6) is 0 Å². The van der Waals surface area contributed by atoms with Gasteiger partial charge in [0.25, 0.3) is 0 Å². The molecule has 4 atom stereocenters. The molecule has 80 heavy (non-hydrogen) atoms. The van der Waals surface area contributed by atoms with Crippen molar-refractivity contribution in [2.24, 2.45) is 17.2 Å². The quantitative estimate of drug-likeness (QED) is 0.0175. The smallest absolute Gasteiger partial charge is 0.243 e. The number of pyridine rings is 2. The molecule has 0 aliphatic carbocycles. The Labute approximate surface area is 471 Å². The number of carbonyl (C=O) groups is 5. The lowest BCUT2D eigenvalue weighted by molar-refractivity contribution is -0.134. The Hall–Kier alpha value is -7.71. The molecule has 0 aliphatic heterocycles. The second-order valence-electron chi connectivity index (χ2n) is 21.6. The number of hydrogen-bond donors (Lipinski definition) is 9. The normalized spacial score (nSPS) is 12.8. The van der Waals surface area contributed by atoms with Gasteiger partial charge in [-0.15, -0.1) is 0 Å². The first-order valence-electron chi connectivity index (χ1n) is 28.1. The number of carbonyl (C=O) groups excluding carboxylic acids is 5. The van der Waals surface area contributed by atoms with Gasteiger partial charge in [-0.25, -0.2) is 9.97 Å². The van der Waals surface area contributed by atoms with E-state index in [4.69, 9.17) is 27.2 Å². The van der Waals surface area contributed by atoms with Gasteiger partial charge in [0.15, 0.2) is 0 Å². The number of benzene rings is 4. The molecule has 0 aliphatic rings. The summed E-state index contributed by atoms with van der Waals surface area (Å²) in [5.41, 5.74) is 27.1. The number of aromatic nitrogens is 2. The SMILES string of the molecule is CC(=O)NC(CCCCNc1c2ccc(N(C)C)cc2nc2cc(N(C)C)ccc12)C(=O)NC(CCCCN)C(=O)NC(CCCCN)C(=O)NC(CCCCNc1c2ccc(N(C)C)cc2nc2cc(N(C)C)ccc12)C(N)=O. The molecule has 0 saturated heterocycles. The number of nitrogens with zero attached hydrogens (tertiary/aromatic N) is 6. The molecule has 5 amide bonds. The lowest BCUT2D eigenvalue weighted by atomic mass is 10.0. The molecule has 2 heterocycles. The van der Waals surface area contributed by atoms with Crippen LogP contribution in [0.25, 0.3) is 43.6 Å². The van der Waals surface area contributed by atoms with E-state index in [2.05, 4.69) is 105 Å². The van der Waals surface area contributed by atoms with Gasteiger partial charge < -0.3 is 68.7 Å². The highest BCUT2D eigenvalue weighted by Gasteiger charge is 2.31. The molecule has 4 aromatic carbocycles. The van der Waals surface area contributed by atoms with Crippen LogP contribution in [-0.4, -0.2) is 146 Å². The Morgan fingerprint density at radius 1 is 0.425 bits per heavy atom. The molecule has 20 nitrogen and oxygen atoms in total. The number of primary amides is 1. The van der Waals surface area contributed by atoms with Crippen LogP contribution in [0.15, 0.2) is 72.8 Å². The van der Waals surface area contributed by atoms with Gasteiger partial charge in [0.05, 0.1) is 33.4 Å². The topological polar surface area (TPSA) is 274 Å². The predicted octanol–water partition coefficient (Wildman–Crippen LogP) is 5.92. The first kappa shape index (κ1) is 61.5. The molecule has 12 N–H and O–H groups in total. The van der Waals surface area contributed by atoms with Crippen LogP contribution >= 0.6 is 0 Å². The van der Waals surface area contributed by atoms with Gasteiger partial charge in [0.1, 0.15) is 24.2 Å². The Morgan fingerprint density at radius 3 is 1.00 bits per heavy atom. The highest BCUT2D eigenvalue weighted by molar-refractivity contribution is 6.10. The monoisotopic (exact) mass is 1100 g/mol. The summed E-state index contributed by atoms with van der Waals surface area (Å²) in [5, 5.41) is 22.6. The first-order valence-corrected chi connectivity index (χ1v) is 28.1. The maximum atomic E-state index is 14.3. The minimum Gasteiger partial charge on any atom is -0.384 e. The Morgan fingerprint density at radius 2 is 0.713 bits per heavy atom. The number of nitrogens with two attached hydrogens (primary N) is 3. The van der Waals surface area contributed by atoms with E-state index in [9.17, 15) is 24.0 Å². The van der Waals surface area contributed by atoms with Crippen LogP contribution < -0.4 is 68.7 Å². The summed E-state index contributed by atoms with van der Waals surface area (Å²) in [6, 6.07) is 20.9. The van der Waals surface area contributed by atoms with Crippen molar-refractivity contribution < 1.29 is 24.0 Å². The number of fused-ring (bicyclic) bond motifs is 4. The molecule has 20 heteroatoms. The van der Waals surface area contributed by atoms with E-state index in [1.807, 2.05) is 76.0 Å². The Kier molecular flexibility index (Phi) is 22.7. The average Bonchev–Trinajstić information content (AvgIpc) is 3.49. The van der Waals surface area contributed by atoms with Crippen molar-refractivity contribution in [1.29, 1.82) is 0 Å². The molecular weight excluding hydrogens is 1010 g/mol. The summed E-state index contributed by atoms with van der Waals surface area (Å²) in [6.07, 6.45) is 5.71. The number of unbranched alkanes of at least 4 members (excludes halogenated alkanes) is 4. The molecule has 6 rings (SSSR count). The maximum absolute atomic E-state index is 14.3. The minimum atomic E-state index is -1.06. The highest BCUT2D eigenvalue weighted by Crippen LogP contribution is 2.36. The second-order valence-corrected chi connectivity index (χ2v) is 21.6. The lowest BCUT2D eigenvalue weighted by Gasteiger charge is -2.26. The zero-order chi connectivity index (χ0) is 58.0. The zero-order valence-corrected chi connectivity index (χ0v) is 48.5. The van der Waals surface area contributed by atoms with Crippen LogP contribution in [0.2, 0.25) is 0 Å². The Balaban J connectivity index is 1.08. The van der Waals surface area contributed by atoms with E-state index in [-0.39, 0.29) is 25.2 Å². The molecule has 0 saturated carbocycles. The van der Waals surface area contributed by atoms with E-state index in [0.29, 0.717) is 84.0 Å². The number of hydrogen-bond acceptors (Lipinski definition) is 15. The summed E-state index contributed by atoms with van der Waals surface area (Å²) >= 11 is 0. The van der Waals surface area contributed by atoms with Crippen molar-refractivity contribution in [2.45, 2.75) is 108 Å².